The van der Waals surface area contributed by atoms with Crippen LogP contribution in [0.4, 0.5) is 0 Å². The first-order valence-electron chi connectivity index (χ1n) is 6.18. The maximum atomic E-state index is 5.23. The lowest BCUT2D eigenvalue weighted by atomic mass is 10.3. The number of hydrogen-bond acceptors (Lipinski definition) is 7. The van der Waals surface area contributed by atoms with Crippen LogP contribution in [-0.4, -0.2) is 33.8 Å². The molecule has 19 heavy (non-hydrogen) atoms. The van der Waals surface area contributed by atoms with E-state index in [0.717, 1.165) is 13.0 Å². The second kappa shape index (κ2) is 6.24. The first-order chi connectivity index (χ1) is 9.24. The van der Waals surface area contributed by atoms with Crippen LogP contribution in [0, 0.1) is 0 Å². The van der Waals surface area contributed by atoms with Crippen molar-refractivity contribution in [2.75, 3.05) is 13.7 Å². The van der Waals surface area contributed by atoms with Crippen molar-refractivity contribution in [2.45, 2.75) is 26.3 Å². The Hall–Kier alpha value is -2.02. The summed E-state index contributed by atoms with van der Waals surface area (Å²) in [6.07, 6.45) is 2.46. The maximum absolute atomic E-state index is 5.23. The highest BCUT2D eigenvalue weighted by molar-refractivity contribution is 5.49. The molecule has 0 aromatic carbocycles. The fourth-order valence-corrected chi connectivity index (χ4v) is 1.54. The highest BCUT2D eigenvalue weighted by Crippen LogP contribution is 2.18. The first kappa shape index (κ1) is 13.4. The molecule has 0 saturated heterocycles. The quantitative estimate of drug-likeness (QED) is 0.846. The van der Waals surface area contributed by atoms with E-state index in [1.165, 1.54) is 6.33 Å². The van der Waals surface area contributed by atoms with Crippen LogP contribution >= 0.6 is 0 Å². The highest BCUT2D eigenvalue weighted by Gasteiger charge is 2.15. The molecule has 2 rings (SSSR count). The molecule has 102 valence electrons. The summed E-state index contributed by atoms with van der Waals surface area (Å²) in [5.74, 6) is 1.44. The smallest absolute Gasteiger partial charge is 0.243 e. The van der Waals surface area contributed by atoms with Crippen LogP contribution in [0.2, 0.25) is 0 Å². The van der Waals surface area contributed by atoms with Crippen molar-refractivity contribution in [3.05, 3.63) is 18.3 Å². The molecule has 1 unspecified atom stereocenters. The van der Waals surface area contributed by atoms with E-state index in [9.17, 15) is 0 Å². The molecule has 2 heterocycles. The maximum Gasteiger partial charge on any atom is 0.243 e. The van der Waals surface area contributed by atoms with Gasteiger partial charge in [-0.1, -0.05) is 12.1 Å². The highest BCUT2D eigenvalue weighted by atomic mass is 16.5. The van der Waals surface area contributed by atoms with Gasteiger partial charge in [-0.3, -0.25) is 0 Å². The van der Waals surface area contributed by atoms with Crippen molar-refractivity contribution in [1.29, 1.82) is 0 Å². The number of methoxy groups -OCH3 is 1. The van der Waals surface area contributed by atoms with E-state index in [1.54, 1.807) is 13.2 Å². The van der Waals surface area contributed by atoms with Gasteiger partial charge in [0.25, 0.3) is 0 Å². The summed E-state index contributed by atoms with van der Waals surface area (Å²) in [6.45, 7) is 4.99. The average molecular weight is 263 g/mol. The predicted octanol–water partition coefficient (Wildman–Crippen LogP) is 1.60. The van der Waals surface area contributed by atoms with Gasteiger partial charge in [0.2, 0.25) is 17.6 Å². The van der Waals surface area contributed by atoms with Crippen molar-refractivity contribution in [1.82, 2.24) is 25.4 Å². The zero-order valence-electron chi connectivity index (χ0n) is 11.3. The van der Waals surface area contributed by atoms with Crippen molar-refractivity contribution in [3.8, 4) is 17.4 Å². The molecule has 2 aromatic heterocycles. The standard InChI is InChI=1S/C12H17N5O2/c1-4-5-13-8(2)12-16-11(17-19-12)9-6-10(18-3)15-7-14-9/h6-8,13H,4-5H2,1-3H3. The van der Waals surface area contributed by atoms with Crippen molar-refractivity contribution in [3.63, 3.8) is 0 Å². The molecule has 0 fully saturated rings. The van der Waals surface area contributed by atoms with Gasteiger partial charge in [-0.15, -0.1) is 0 Å². The van der Waals surface area contributed by atoms with Crippen molar-refractivity contribution in [2.24, 2.45) is 0 Å². The Morgan fingerprint density at radius 2 is 2.26 bits per heavy atom. The summed E-state index contributed by atoms with van der Waals surface area (Å²) in [5.41, 5.74) is 0.574. The fourth-order valence-electron chi connectivity index (χ4n) is 1.54. The number of ether oxygens (including phenoxy) is 1. The van der Waals surface area contributed by atoms with Crippen LogP contribution in [0.25, 0.3) is 11.5 Å². The third-order valence-corrected chi connectivity index (χ3v) is 2.59. The zero-order valence-corrected chi connectivity index (χ0v) is 11.3. The average Bonchev–Trinajstić information content (AvgIpc) is 2.94. The van der Waals surface area contributed by atoms with E-state index in [4.69, 9.17) is 9.26 Å². The van der Waals surface area contributed by atoms with E-state index >= 15 is 0 Å². The van der Waals surface area contributed by atoms with Crippen molar-refractivity contribution < 1.29 is 9.26 Å². The SMILES string of the molecule is CCCNC(C)c1nc(-c2cc(OC)ncn2)no1. The molecule has 1 atom stereocenters. The van der Waals surface area contributed by atoms with Gasteiger partial charge in [0, 0.05) is 6.07 Å². The fraction of sp³-hybridized carbons (Fsp3) is 0.500. The molecule has 0 bridgehead atoms. The number of rotatable bonds is 6. The number of aromatic nitrogens is 4. The predicted molar refractivity (Wildman–Crippen MR) is 68.6 cm³/mol. The van der Waals surface area contributed by atoms with E-state index in [-0.39, 0.29) is 6.04 Å². The van der Waals surface area contributed by atoms with Gasteiger partial charge in [0.15, 0.2) is 0 Å². The molecule has 0 radical (unpaired) electrons. The summed E-state index contributed by atoms with van der Waals surface area (Å²) >= 11 is 0. The second-order valence-corrected chi connectivity index (χ2v) is 4.08. The van der Waals surface area contributed by atoms with Crippen molar-refractivity contribution >= 4 is 0 Å². The molecular formula is C12H17N5O2. The van der Waals surface area contributed by atoms with E-state index in [1.807, 2.05) is 6.92 Å². The minimum atomic E-state index is 0.0185. The number of nitrogens with one attached hydrogen (secondary N) is 1. The molecule has 0 aliphatic carbocycles. The van der Waals surface area contributed by atoms with Crippen LogP contribution < -0.4 is 10.1 Å². The third kappa shape index (κ3) is 3.25. The van der Waals surface area contributed by atoms with Crippen LogP contribution in [-0.2, 0) is 0 Å². The second-order valence-electron chi connectivity index (χ2n) is 4.08. The van der Waals surface area contributed by atoms with Gasteiger partial charge in [0.05, 0.1) is 13.2 Å². The number of hydrogen-bond donors (Lipinski definition) is 1. The Labute approximate surface area is 111 Å². The van der Waals surface area contributed by atoms with Crippen LogP contribution in [0.3, 0.4) is 0 Å². The van der Waals surface area contributed by atoms with Gasteiger partial charge < -0.3 is 14.6 Å². The topological polar surface area (TPSA) is 86.0 Å². The summed E-state index contributed by atoms with van der Waals surface area (Å²) in [6, 6.07) is 1.68. The molecule has 1 N–H and O–H groups in total. The Balaban J connectivity index is 2.15. The lowest BCUT2D eigenvalue weighted by Crippen LogP contribution is -2.19. The third-order valence-electron chi connectivity index (χ3n) is 2.59. The Morgan fingerprint density at radius 3 is 3.00 bits per heavy atom. The monoisotopic (exact) mass is 263 g/mol. The van der Waals surface area contributed by atoms with E-state index in [0.29, 0.717) is 23.3 Å². The lowest BCUT2D eigenvalue weighted by Gasteiger charge is -2.06. The molecule has 0 spiro atoms. The van der Waals surface area contributed by atoms with Crippen LogP contribution in [0.5, 0.6) is 5.88 Å². The number of nitrogens with zero attached hydrogens (tertiary/aromatic N) is 4. The van der Waals surface area contributed by atoms with Gasteiger partial charge in [0.1, 0.15) is 12.0 Å². The van der Waals surface area contributed by atoms with Gasteiger partial charge in [-0.2, -0.15) is 4.98 Å². The minimum Gasteiger partial charge on any atom is -0.481 e. The summed E-state index contributed by atoms with van der Waals surface area (Å²) in [4.78, 5) is 12.4. The molecule has 0 amide bonds. The van der Waals surface area contributed by atoms with Gasteiger partial charge in [-0.25, -0.2) is 9.97 Å². The van der Waals surface area contributed by atoms with Gasteiger partial charge >= 0.3 is 0 Å². The van der Waals surface area contributed by atoms with Crippen LogP contribution in [0.1, 0.15) is 32.2 Å². The summed E-state index contributed by atoms with van der Waals surface area (Å²) < 4.78 is 10.3. The molecular weight excluding hydrogens is 246 g/mol. The Bertz CT molecular complexity index is 528. The van der Waals surface area contributed by atoms with Gasteiger partial charge in [-0.05, 0) is 19.9 Å². The lowest BCUT2D eigenvalue weighted by molar-refractivity contribution is 0.340. The summed E-state index contributed by atoms with van der Waals surface area (Å²) in [7, 11) is 1.55. The zero-order chi connectivity index (χ0) is 13.7. The van der Waals surface area contributed by atoms with E-state index < -0.39 is 0 Å². The molecule has 0 aliphatic rings. The first-order valence-corrected chi connectivity index (χ1v) is 6.18. The molecule has 7 nitrogen and oxygen atoms in total. The summed E-state index contributed by atoms with van der Waals surface area (Å²) in [5, 5.41) is 7.20. The molecule has 2 aromatic rings. The normalized spacial score (nSPS) is 12.4. The molecule has 0 aliphatic heterocycles. The molecule has 0 saturated carbocycles. The van der Waals surface area contributed by atoms with E-state index in [2.05, 4.69) is 32.3 Å². The Morgan fingerprint density at radius 1 is 1.42 bits per heavy atom. The van der Waals surface area contributed by atoms with Crippen LogP contribution in [0.15, 0.2) is 16.9 Å². The Kier molecular flexibility index (Phi) is 4.40. The minimum absolute atomic E-state index is 0.0185. The largest absolute Gasteiger partial charge is 0.481 e. The molecule has 7 heteroatoms.